The van der Waals surface area contributed by atoms with Gasteiger partial charge in [0.05, 0.1) is 11.3 Å². The molecule has 1 N–H and O–H groups in total. The first kappa shape index (κ1) is 19.8. The Bertz CT molecular complexity index is 1130. The molecule has 5 rings (SSSR count). The number of amides is 1. The molecule has 31 heavy (non-hydrogen) atoms. The molecule has 3 heterocycles. The van der Waals surface area contributed by atoms with E-state index in [2.05, 4.69) is 20.3 Å². The molecule has 1 saturated heterocycles. The number of likely N-dealkylation sites (tertiary alicyclic amines) is 1. The zero-order valence-electron chi connectivity index (χ0n) is 16.9. The molecule has 10 heteroatoms. The second-order valence-corrected chi connectivity index (χ2v) is 8.43. The first-order valence-corrected chi connectivity index (χ1v) is 10.2. The zero-order chi connectivity index (χ0) is 21.8. The molecule has 0 unspecified atom stereocenters. The predicted octanol–water partition coefficient (Wildman–Crippen LogP) is 4.00. The molecule has 162 valence electrons. The molecule has 1 aromatic carbocycles. The normalized spacial score (nSPS) is 17.9. The standard InChI is InChI=1S/C21H21F3N6O/c1-13-25-18(27-26-13)14-2-3-15(19(31)29-10-7-20(5-6-20)8-11-29)16(12-14)30-9-4-17(28-30)21(22,23)24/h2-4,9,12H,5-8,10-11H2,1H3,(H,25,26,27). The van der Waals surface area contributed by atoms with Crippen molar-refractivity contribution >= 4 is 5.91 Å². The first-order valence-electron chi connectivity index (χ1n) is 10.2. The van der Waals surface area contributed by atoms with E-state index < -0.39 is 11.9 Å². The average Bonchev–Trinajstić information content (AvgIpc) is 3.14. The lowest BCUT2D eigenvalue weighted by molar-refractivity contribution is -0.141. The highest BCUT2D eigenvalue weighted by molar-refractivity contribution is 5.98. The predicted molar refractivity (Wildman–Crippen MR) is 105 cm³/mol. The molecular formula is C21H21F3N6O. The maximum atomic E-state index is 13.3. The number of nitrogens with zero attached hydrogens (tertiary/aromatic N) is 5. The van der Waals surface area contributed by atoms with Crippen molar-refractivity contribution in [3.05, 3.63) is 47.5 Å². The third-order valence-corrected chi connectivity index (χ3v) is 6.30. The van der Waals surface area contributed by atoms with E-state index in [9.17, 15) is 18.0 Å². The Kier molecular flexibility index (Phi) is 4.42. The summed E-state index contributed by atoms with van der Waals surface area (Å²) in [5, 5.41) is 11.7. The molecule has 2 fully saturated rings. The van der Waals surface area contributed by atoms with E-state index in [1.807, 2.05) is 0 Å². The first-order chi connectivity index (χ1) is 14.7. The Hall–Kier alpha value is -3.17. The summed E-state index contributed by atoms with van der Waals surface area (Å²) >= 11 is 0. The fourth-order valence-corrected chi connectivity index (χ4v) is 4.17. The van der Waals surface area contributed by atoms with Crippen LogP contribution in [0.1, 0.15) is 47.6 Å². The van der Waals surface area contributed by atoms with Crippen molar-refractivity contribution in [3.63, 3.8) is 0 Å². The molecule has 1 aliphatic heterocycles. The lowest BCUT2D eigenvalue weighted by Crippen LogP contribution is -2.39. The van der Waals surface area contributed by atoms with Gasteiger partial charge in [0.25, 0.3) is 5.91 Å². The van der Waals surface area contributed by atoms with E-state index in [0.717, 1.165) is 23.6 Å². The molecule has 1 saturated carbocycles. The largest absolute Gasteiger partial charge is 0.435 e. The van der Waals surface area contributed by atoms with Gasteiger partial charge in [0.1, 0.15) is 5.82 Å². The molecule has 3 aromatic rings. The van der Waals surface area contributed by atoms with Crippen LogP contribution in [-0.2, 0) is 6.18 Å². The van der Waals surface area contributed by atoms with Gasteiger partial charge in [0.15, 0.2) is 11.5 Å². The highest BCUT2D eigenvalue weighted by atomic mass is 19.4. The quantitative estimate of drug-likeness (QED) is 0.681. The molecule has 1 aliphatic carbocycles. The minimum Gasteiger partial charge on any atom is -0.339 e. The summed E-state index contributed by atoms with van der Waals surface area (Å²) in [6, 6.07) is 5.86. The van der Waals surface area contributed by atoms with Gasteiger partial charge in [-0.1, -0.05) is 6.07 Å². The number of benzene rings is 1. The van der Waals surface area contributed by atoms with Crippen molar-refractivity contribution in [2.45, 2.75) is 38.8 Å². The van der Waals surface area contributed by atoms with E-state index in [1.54, 1.807) is 30.0 Å². The second kappa shape index (κ2) is 6.93. The summed E-state index contributed by atoms with van der Waals surface area (Å²) in [5.74, 6) is 0.877. The number of aromatic nitrogens is 5. The molecule has 1 amide bonds. The number of hydrogen-bond acceptors (Lipinski definition) is 4. The maximum absolute atomic E-state index is 13.3. The van der Waals surface area contributed by atoms with Crippen LogP contribution in [-0.4, -0.2) is 48.9 Å². The fourth-order valence-electron chi connectivity index (χ4n) is 4.17. The molecule has 0 atom stereocenters. The summed E-state index contributed by atoms with van der Waals surface area (Å²) in [4.78, 5) is 18.1. The number of carbonyl (C=O) groups is 1. The third kappa shape index (κ3) is 3.70. The van der Waals surface area contributed by atoms with Crippen molar-refractivity contribution in [2.75, 3.05) is 13.1 Å². The SMILES string of the molecule is Cc1nnc(-c2ccc(C(=O)N3CCC4(CC3)CC4)c(-n3ccc(C(F)(F)F)n3)c2)[nH]1. The monoisotopic (exact) mass is 430 g/mol. The van der Waals surface area contributed by atoms with Crippen LogP contribution in [0.5, 0.6) is 0 Å². The lowest BCUT2D eigenvalue weighted by atomic mass is 9.93. The molecular weight excluding hydrogens is 409 g/mol. The van der Waals surface area contributed by atoms with Gasteiger partial charge in [0.2, 0.25) is 0 Å². The van der Waals surface area contributed by atoms with Crippen molar-refractivity contribution in [2.24, 2.45) is 5.41 Å². The number of halogens is 3. The number of rotatable bonds is 3. The summed E-state index contributed by atoms with van der Waals surface area (Å²) in [5.41, 5.74) is 0.589. The van der Waals surface area contributed by atoms with Crippen molar-refractivity contribution in [1.82, 2.24) is 29.9 Å². The van der Waals surface area contributed by atoms with Gasteiger partial charge in [-0.25, -0.2) is 4.68 Å². The number of aromatic amines is 1. The summed E-state index contributed by atoms with van der Waals surface area (Å²) < 4.78 is 40.5. The minimum atomic E-state index is -4.57. The lowest BCUT2D eigenvalue weighted by Gasteiger charge is -2.32. The van der Waals surface area contributed by atoms with E-state index in [-0.39, 0.29) is 11.6 Å². The average molecular weight is 430 g/mol. The van der Waals surface area contributed by atoms with Gasteiger partial charge in [-0.2, -0.15) is 18.3 Å². The number of nitrogens with one attached hydrogen (secondary N) is 1. The van der Waals surface area contributed by atoms with Crippen molar-refractivity contribution in [3.8, 4) is 17.1 Å². The van der Waals surface area contributed by atoms with Crippen molar-refractivity contribution < 1.29 is 18.0 Å². The number of aryl methyl sites for hydroxylation is 1. The van der Waals surface area contributed by atoms with E-state index in [0.29, 0.717) is 41.3 Å². The van der Waals surface area contributed by atoms with Crippen LogP contribution < -0.4 is 0 Å². The Morgan fingerprint density at radius 3 is 2.42 bits per heavy atom. The number of alkyl halides is 3. The van der Waals surface area contributed by atoms with Crippen LogP contribution in [0.4, 0.5) is 13.2 Å². The maximum Gasteiger partial charge on any atom is 0.435 e. The number of piperidine rings is 1. The number of carbonyl (C=O) groups excluding carboxylic acids is 1. The molecule has 1 spiro atoms. The van der Waals surface area contributed by atoms with Gasteiger partial charge in [0, 0.05) is 24.8 Å². The molecule has 7 nitrogen and oxygen atoms in total. The van der Waals surface area contributed by atoms with Gasteiger partial charge < -0.3 is 9.88 Å². The Morgan fingerprint density at radius 1 is 1.10 bits per heavy atom. The van der Waals surface area contributed by atoms with Crippen LogP contribution in [0.2, 0.25) is 0 Å². The minimum absolute atomic E-state index is 0.199. The van der Waals surface area contributed by atoms with E-state index in [4.69, 9.17) is 0 Å². The molecule has 0 radical (unpaired) electrons. The molecule has 2 aromatic heterocycles. The third-order valence-electron chi connectivity index (χ3n) is 6.30. The Balaban J connectivity index is 1.53. The molecule has 2 aliphatic rings. The molecule has 0 bridgehead atoms. The fraction of sp³-hybridized carbons (Fsp3) is 0.429. The summed E-state index contributed by atoms with van der Waals surface area (Å²) in [7, 11) is 0. The Morgan fingerprint density at radius 2 is 1.84 bits per heavy atom. The van der Waals surface area contributed by atoms with Crippen molar-refractivity contribution in [1.29, 1.82) is 0 Å². The van der Waals surface area contributed by atoms with Crippen LogP contribution in [0.25, 0.3) is 17.1 Å². The smallest absolute Gasteiger partial charge is 0.339 e. The summed E-state index contributed by atoms with van der Waals surface area (Å²) in [6.07, 6.45) is 1.05. The topological polar surface area (TPSA) is 79.7 Å². The van der Waals surface area contributed by atoms with E-state index >= 15 is 0 Å². The summed E-state index contributed by atoms with van der Waals surface area (Å²) in [6.45, 7) is 3.07. The number of H-pyrrole nitrogens is 1. The van der Waals surface area contributed by atoms with Gasteiger partial charge >= 0.3 is 6.18 Å². The number of hydrogen-bond donors (Lipinski definition) is 1. The van der Waals surface area contributed by atoms with Crippen LogP contribution >= 0.6 is 0 Å². The van der Waals surface area contributed by atoms with Gasteiger partial charge in [-0.3, -0.25) is 4.79 Å². The van der Waals surface area contributed by atoms with Gasteiger partial charge in [-0.15, -0.1) is 10.2 Å². The van der Waals surface area contributed by atoms with E-state index in [1.165, 1.54) is 19.0 Å². The second-order valence-electron chi connectivity index (χ2n) is 8.43. The highest BCUT2D eigenvalue weighted by Gasteiger charge is 2.45. The van der Waals surface area contributed by atoms with Crippen LogP contribution in [0.3, 0.4) is 0 Å². The zero-order valence-corrected chi connectivity index (χ0v) is 16.9. The highest BCUT2D eigenvalue weighted by Crippen LogP contribution is 2.53. The van der Waals surface area contributed by atoms with Gasteiger partial charge in [-0.05, 0) is 56.2 Å². The van der Waals surface area contributed by atoms with Crippen LogP contribution in [0.15, 0.2) is 30.5 Å². The van der Waals surface area contributed by atoms with Crippen LogP contribution in [0, 0.1) is 12.3 Å². The Labute approximate surface area is 176 Å².